The molecule has 0 spiro atoms. The van der Waals surface area contributed by atoms with E-state index in [0.29, 0.717) is 6.54 Å². The molecule has 6 nitrogen and oxygen atoms in total. The second-order valence-corrected chi connectivity index (χ2v) is 5.18. The van der Waals surface area contributed by atoms with Crippen molar-refractivity contribution in [2.24, 2.45) is 0 Å². The van der Waals surface area contributed by atoms with Gasteiger partial charge in [-0.05, 0) is 12.5 Å². The summed E-state index contributed by atoms with van der Waals surface area (Å²) in [5.41, 5.74) is 0. The number of nitriles is 1. The van der Waals surface area contributed by atoms with Crippen molar-refractivity contribution >= 4 is 10.0 Å². The van der Waals surface area contributed by atoms with Crippen molar-refractivity contribution in [2.75, 3.05) is 6.54 Å². The van der Waals surface area contributed by atoms with Gasteiger partial charge in [0.2, 0.25) is 10.0 Å². The lowest BCUT2D eigenvalue weighted by Gasteiger charge is -2.09. The second kappa shape index (κ2) is 5.63. The third-order valence-corrected chi connectivity index (χ3v) is 3.89. The van der Waals surface area contributed by atoms with Crippen LogP contribution in [-0.4, -0.2) is 30.0 Å². The molecule has 0 saturated carbocycles. The lowest BCUT2D eigenvalue weighted by atomic mass is 10.4. The Morgan fingerprint density at radius 2 is 2.38 bits per heavy atom. The van der Waals surface area contributed by atoms with Crippen molar-refractivity contribution in [3.05, 3.63) is 18.5 Å². The molecule has 1 heterocycles. The summed E-state index contributed by atoms with van der Waals surface area (Å²) in [6.07, 6.45) is 3.65. The maximum Gasteiger partial charge on any atom is 0.228 e. The molecule has 1 unspecified atom stereocenters. The van der Waals surface area contributed by atoms with Crippen LogP contribution >= 0.6 is 0 Å². The molecule has 0 bridgehead atoms. The van der Waals surface area contributed by atoms with Gasteiger partial charge in [0.15, 0.2) is 5.25 Å². The highest BCUT2D eigenvalue weighted by Crippen LogP contribution is 2.01. The minimum Gasteiger partial charge on any atom is -0.271 e. The van der Waals surface area contributed by atoms with E-state index in [4.69, 9.17) is 5.26 Å². The van der Waals surface area contributed by atoms with Crippen molar-refractivity contribution in [3.63, 3.8) is 0 Å². The maximum atomic E-state index is 11.6. The molecule has 0 aliphatic heterocycles. The van der Waals surface area contributed by atoms with E-state index in [0.717, 1.165) is 0 Å². The average Bonchev–Trinajstić information content (AvgIpc) is 2.71. The Bertz CT molecular complexity index is 446. The van der Waals surface area contributed by atoms with Crippen LogP contribution in [0.3, 0.4) is 0 Å². The van der Waals surface area contributed by atoms with Gasteiger partial charge in [-0.1, -0.05) is 6.92 Å². The normalized spacial score (nSPS) is 13.2. The van der Waals surface area contributed by atoms with Gasteiger partial charge in [-0.2, -0.15) is 10.4 Å². The van der Waals surface area contributed by atoms with Crippen LogP contribution in [0.1, 0.15) is 13.3 Å². The van der Waals surface area contributed by atoms with Gasteiger partial charge < -0.3 is 0 Å². The number of sulfonamides is 1. The van der Waals surface area contributed by atoms with Crippen LogP contribution in [0.25, 0.3) is 0 Å². The molecule has 1 aromatic rings. The molecule has 1 aromatic heterocycles. The van der Waals surface area contributed by atoms with Gasteiger partial charge in [0.05, 0.1) is 12.6 Å². The smallest absolute Gasteiger partial charge is 0.228 e. The summed E-state index contributed by atoms with van der Waals surface area (Å²) in [6, 6.07) is 3.53. The van der Waals surface area contributed by atoms with E-state index in [-0.39, 0.29) is 13.0 Å². The van der Waals surface area contributed by atoms with Crippen LogP contribution in [0, 0.1) is 11.3 Å². The van der Waals surface area contributed by atoms with E-state index >= 15 is 0 Å². The van der Waals surface area contributed by atoms with Gasteiger partial charge in [-0.3, -0.25) is 4.68 Å². The molecule has 1 rings (SSSR count). The topological polar surface area (TPSA) is 87.8 Å². The lowest BCUT2D eigenvalue weighted by molar-refractivity contribution is 0.554. The summed E-state index contributed by atoms with van der Waals surface area (Å²) in [5.74, 6) is 0. The molecule has 16 heavy (non-hydrogen) atoms. The second-order valence-electron chi connectivity index (χ2n) is 3.23. The zero-order valence-electron chi connectivity index (χ0n) is 9.00. The van der Waals surface area contributed by atoms with E-state index in [9.17, 15) is 8.42 Å². The highest BCUT2D eigenvalue weighted by atomic mass is 32.2. The van der Waals surface area contributed by atoms with Gasteiger partial charge in [0.1, 0.15) is 0 Å². The summed E-state index contributed by atoms with van der Waals surface area (Å²) < 4.78 is 27.1. The predicted molar refractivity (Wildman–Crippen MR) is 58.8 cm³/mol. The first kappa shape index (κ1) is 12.7. The van der Waals surface area contributed by atoms with Crippen LogP contribution in [0.2, 0.25) is 0 Å². The fraction of sp³-hybridized carbons (Fsp3) is 0.556. The Hall–Kier alpha value is -1.39. The highest BCUT2D eigenvalue weighted by molar-refractivity contribution is 7.90. The van der Waals surface area contributed by atoms with Crippen molar-refractivity contribution < 1.29 is 8.42 Å². The van der Waals surface area contributed by atoms with Gasteiger partial charge in [-0.15, -0.1) is 0 Å². The van der Waals surface area contributed by atoms with Crippen molar-refractivity contribution in [3.8, 4) is 6.07 Å². The molecule has 0 radical (unpaired) electrons. The molecule has 0 saturated heterocycles. The van der Waals surface area contributed by atoms with Crippen LogP contribution in [-0.2, 0) is 16.6 Å². The average molecular weight is 242 g/mol. The SMILES string of the molecule is CCC(C#N)S(=O)(=O)NCCn1cccn1. The molecule has 1 atom stereocenters. The number of aromatic nitrogens is 2. The zero-order valence-corrected chi connectivity index (χ0v) is 9.81. The Kier molecular flexibility index (Phi) is 4.46. The fourth-order valence-electron chi connectivity index (χ4n) is 1.22. The number of rotatable bonds is 6. The largest absolute Gasteiger partial charge is 0.271 e. The Morgan fingerprint density at radius 3 is 2.88 bits per heavy atom. The summed E-state index contributed by atoms with van der Waals surface area (Å²) in [6.45, 7) is 2.36. The van der Waals surface area contributed by atoms with Crippen LogP contribution < -0.4 is 4.72 Å². The minimum atomic E-state index is -3.53. The van der Waals surface area contributed by atoms with Crippen molar-refractivity contribution in [1.82, 2.24) is 14.5 Å². The Balaban J connectivity index is 2.46. The van der Waals surface area contributed by atoms with E-state index in [1.807, 2.05) is 0 Å². The van der Waals surface area contributed by atoms with Gasteiger partial charge in [0.25, 0.3) is 0 Å². The van der Waals surface area contributed by atoms with Crippen LogP contribution in [0.15, 0.2) is 18.5 Å². The first-order valence-electron chi connectivity index (χ1n) is 4.95. The van der Waals surface area contributed by atoms with Crippen LogP contribution in [0.5, 0.6) is 0 Å². The molecule has 0 aliphatic carbocycles. The molecule has 0 aliphatic rings. The Labute approximate surface area is 94.9 Å². The fourth-order valence-corrected chi connectivity index (χ4v) is 2.37. The summed E-state index contributed by atoms with van der Waals surface area (Å²) in [4.78, 5) is 0. The minimum absolute atomic E-state index is 0.238. The third-order valence-electron chi connectivity index (χ3n) is 2.09. The number of nitrogens with one attached hydrogen (secondary N) is 1. The molecule has 7 heteroatoms. The summed E-state index contributed by atoms with van der Waals surface area (Å²) in [7, 11) is -3.53. The van der Waals surface area contributed by atoms with Crippen LogP contribution in [0.4, 0.5) is 0 Å². The predicted octanol–water partition coefficient (Wildman–Crippen LogP) is 0.105. The zero-order chi connectivity index (χ0) is 12.0. The first-order chi connectivity index (χ1) is 7.60. The third kappa shape index (κ3) is 3.32. The molecular formula is C9H14N4O2S. The molecular weight excluding hydrogens is 228 g/mol. The quantitative estimate of drug-likeness (QED) is 0.766. The lowest BCUT2D eigenvalue weighted by Crippen LogP contribution is -2.35. The molecule has 1 N–H and O–H groups in total. The standard InChI is InChI=1S/C9H14N4O2S/c1-2-9(8-10)16(14,15)12-5-7-13-6-3-4-11-13/h3-4,6,9,12H,2,5,7H2,1H3. The summed E-state index contributed by atoms with van der Waals surface area (Å²) >= 11 is 0. The van der Waals surface area contributed by atoms with Crippen molar-refractivity contribution in [1.29, 1.82) is 5.26 Å². The van der Waals surface area contributed by atoms with E-state index in [1.165, 1.54) is 0 Å². The summed E-state index contributed by atoms with van der Waals surface area (Å²) in [5, 5.41) is 11.6. The molecule has 88 valence electrons. The maximum absolute atomic E-state index is 11.6. The Morgan fingerprint density at radius 1 is 1.62 bits per heavy atom. The molecule has 0 amide bonds. The molecule has 0 aromatic carbocycles. The van der Waals surface area contributed by atoms with Crippen molar-refractivity contribution in [2.45, 2.75) is 25.1 Å². The first-order valence-corrected chi connectivity index (χ1v) is 6.50. The van der Waals surface area contributed by atoms with E-state index in [2.05, 4.69) is 9.82 Å². The number of nitrogens with zero attached hydrogens (tertiary/aromatic N) is 3. The number of hydrogen-bond acceptors (Lipinski definition) is 4. The van der Waals surface area contributed by atoms with Gasteiger partial charge in [0, 0.05) is 18.9 Å². The van der Waals surface area contributed by atoms with E-state index in [1.54, 1.807) is 36.1 Å². The van der Waals surface area contributed by atoms with Gasteiger partial charge >= 0.3 is 0 Å². The number of hydrogen-bond donors (Lipinski definition) is 1. The molecule has 0 fully saturated rings. The van der Waals surface area contributed by atoms with E-state index < -0.39 is 15.3 Å². The van der Waals surface area contributed by atoms with Gasteiger partial charge in [-0.25, -0.2) is 13.1 Å². The highest BCUT2D eigenvalue weighted by Gasteiger charge is 2.22. The monoisotopic (exact) mass is 242 g/mol.